The number of fused-ring (bicyclic) bond motifs is 2. The zero-order valence-corrected chi connectivity index (χ0v) is 14.9. The number of amides is 1. The number of thiophene rings is 1. The van der Waals surface area contributed by atoms with Gasteiger partial charge in [-0.05, 0) is 17.0 Å². The van der Waals surface area contributed by atoms with Crippen molar-refractivity contribution in [3.8, 4) is 0 Å². The molecule has 0 saturated heterocycles. The standard InChI is InChI=1S/C17H22N4O2S/c1-11(2)17-19-18-15-10-20(5-6-21(15)17)16(22)9-13-12-4-8-24-14(12)3-7-23-13/h4,8,11,13H,3,5-7,9-10H2,1-2H3. The normalized spacial score (nSPS) is 20.1. The van der Waals surface area contributed by atoms with Crippen LogP contribution >= 0.6 is 11.3 Å². The Balaban J connectivity index is 1.45. The summed E-state index contributed by atoms with van der Waals surface area (Å²) < 4.78 is 8.01. The van der Waals surface area contributed by atoms with Gasteiger partial charge in [0.25, 0.3) is 0 Å². The van der Waals surface area contributed by atoms with Crippen molar-refractivity contribution in [2.45, 2.75) is 51.8 Å². The van der Waals surface area contributed by atoms with Crippen LogP contribution in [0.1, 0.15) is 54.4 Å². The van der Waals surface area contributed by atoms with E-state index < -0.39 is 0 Å². The van der Waals surface area contributed by atoms with E-state index in [4.69, 9.17) is 4.74 Å². The van der Waals surface area contributed by atoms with Crippen molar-refractivity contribution in [2.75, 3.05) is 13.2 Å². The Hall–Kier alpha value is -1.73. The SMILES string of the molecule is CC(C)c1nnc2n1CCN(C(=O)CC1OCCc3sccc31)C2. The Bertz CT molecular complexity index is 752. The zero-order chi connectivity index (χ0) is 16.7. The van der Waals surface area contributed by atoms with Gasteiger partial charge in [0.15, 0.2) is 5.82 Å². The number of carbonyl (C=O) groups excluding carboxylic acids is 1. The van der Waals surface area contributed by atoms with Gasteiger partial charge in [0.05, 0.1) is 25.7 Å². The summed E-state index contributed by atoms with van der Waals surface area (Å²) in [6, 6.07) is 2.10. The topological polar surface area (TPSA) is 60.2 Å². The van der Waals surface area contributed by atoms with Crippen molar-refractivity contribution in [1.82, 2.24) is 19.7 Å². The Morgan fingerprint density at radius 2 is 2.29 bits per heavy atom. The van der Waals surface area contributed by atoms with E-state index in [1.54, 1.807) is 11.3 Å². The molecular weight excluding hydrogens is 324 g/mol. The Labute approximate surface area is 145 Å². The molecule has 128 valence electrons. The van der Waals surface area contributed by atoms with E-state index in [1.807, 2.05) is 4.90 Å². The van der Waals surface area contributed by atoms with Gasteiger partial charge >= 0.3 is 0 Å². The van der Waals surface area contributed by atoms with E-state index in [9.17, 15) is 4.79 Å². The number of rotatable bonds is 3. The van der Waals surface area contributed by atoms with Gasteiger partial charge in [-0.2, -0.15) is 0 Å². The number of hydrogen-bond donors (Lipinski definition) is 0. The molecule has 1 unspecified atom stereocenters. The largest absolute Gasteiger partial charge is 0.373 e. The van der Waals surface area contributed by atoms with Crippen LogP contribution in [-0.4, -0.2) is 38.7 Å². The fourth-order valence-corrected chi connectivity index (χ4v) is 4.42. The van der Waals surface area contributed by atoms with Crippen LogP contribution in [0.3, 0.4) is 0 Å². The van der Waals surface area contributed by atoms with Crippen molar-refractivity contribution >= 4 is 17.2 Å². The van der Waals surface area contributed by atoms with E-state index in [2.05, 4.69) is 40.1 Å². The quantitative estimate of drug-likeness (QED) is 0.857. The van der Waals surface area contributed by atoms with Crippen LogP contribution in [0.2, 0.25) is 0 Å². The summed E-state index contributed by atoms with van der Waals surface area (Å²) in [5.74, 6) is 2.38. The highest BCUT2D eigenvalue weighted by molar-refractivity contribution is 7.10. The minimum absolute atomic E-state index is 0.0986. The van der Waals surface area contributed by atoms with Crippen LogP contribution in [0.4, 0.5) is 0 Å². The third-order valence-corrected chi connectivity index (χ3v) is 5.78. The first-order valence-corrected chi connectivity index (χ1v) is 9.39. The molecule has 0 spiro atoms. The maximum Gasteiger partial charge on any atom is 0.226 e. The first kappa shape index (κ1) is 15.8. The van der Waals surface area contributed by atoms with Crippen LogP contribution in [0.5, 0.6) is 0 Å². The van der Waals surface area contributed by atoms with Crippen LogP contribution < -0.4 is 0 Å². The minimum Gasteiger partial charge on any atom is -0.373 e. The summed E-state index contributed by atoms with van der Waals surface area (Å²) in [6.07, 6.45) is 1.27. The lowest BCUT2D eigenvalue weighted by Gasteiger charge is -2.30. The summed E-state index contributed by atoms with van der Waals surface area (Å²) >= 11 is 1.76. The van der Waals surface area contributed by atoms with Crippen molar-refractivity contribution < 1.29 is 9.53 Å². The third-order valence-electron chi connectivity index (χ3n) is 4.79. The average molecular weight is 346 g/mol. The maximum atomic E-state index is 12.7. The highest BCUT2D eigenvalue weighted by Gasteiger charge is 2.29. The van der Waals surface area contributed by atoms with Gasteiger partial charge < -0.3 is 14.2 Å². The lowest BCUT2D eigenvalue weighted by Crippen LogP contribution is -2.39. The molecule has 0 radical (unpaired) electrons. The molecule has 0 fully saturated rings. The number of carbonyl (C=O) groups is 1. The highest BCUT2D eigenvalue weighted by atomic mass is 32.1. The van der Waals surface area contributed by atoms with Gasteiger partial charge in [-0.1, -0.05) is 13.8 Å². The molecule has 24 heavy (non-hydrogen) atoms. The van der Waals surface area contributed by atoms with Crippen LogP contribution in [0.25, 0.3) is 0 Å². The molecule has 2 aromatic rings. The predicted molar refractivity (Wildman–Crippen MR) is 90.9 cm³/mol. The van der Waals surface area contributed by atoms with E-state index >= 15 is 0 Å². The summed E-state index contributed by atoms with van der Waals surface area (Å²) in [5.41, 5.74) is 1.20. The smallest absolute Gasteiger partial charge is 0.226 e. The van der Waals surface area contributed by atoms with E-state index in [1.165, 1.54) is 10.4 Å². The maximum absolute atomic E-state index is 12.7. The predicted octanol–water partition coefficient (Wildman–Crippen LogP) is 2.51. The third kappa shape index (κ3) is 2.75. The molecule has 0 bridgehead atoms. The first-order chi connectivity index (χ1) is 11.6. The summed E-state index contributed by atoms with van der Waals surface area (Å²) in [5, 5.41) is 10.6. The summed E-state index contributed by atoms with van der Waals surface area (Å²) in [7, 11) is 0. The Morgan fingerprint density at radius 3 is 3.12 bits per heavy atom. The number of hydrogen-bond acceptors (Lipinski definition) is 5. The highest BCUT2D eigenvalue weighted by Crippen LogP contribution is 2.33. The molecule has 4 rings (SSSR count). The van der Waals surface area contributed by atoms with Gasteiger partial charge in [0, 0.05) is 30.3 Å². The first-order valence-electron chi connectivity index (χ1n) is 8.51. The molecule has 6 nitrogen and oxygen atoms in total. The summed E-state index contributed by atoms with van der Waals surface area (Å²) in [4.78, 5) is 16.0. The molecule has 1 atom stereocenters. The average Bonchev–Trinajstić information content (AvgIpc) is 3.21. The molecule has 0 aliphatic carbocycles. The fourth-order valence-electron chi connectivity index (χ4n) is 3.50. The molecule has 0 N–H and O–H groups in total. The molecular formula is C17H22N4O2S. The lowest BCUT2D eigenvalue weighted by molar-refractivity contribution is -0.136. The van der Waals surface area contributed by atoms with Crippen molar-refractivity contribution in [3.63, 3.8) is 0 Å². The zero-order valence-electron chi connectivity index (χ0n) is 14.1. The second-order valence-electron chi connectivity index (χ2n) is 6.71. The van der Waals surface area contributed by atoms with Gasteiger partial charge in [-0.15, -0.1) is 21.5 Å². The van der Waals surface area contributed by atoms with Gasteiger partial charge in [-0.3, -0.25) is 4.79 Å². The van der Waals surface area contributed by atoms with Crippen LogP contribution in [0.15, 0.2) is 11.4 Å². The second-order valence-corrected chi connectivity index (χ2v) is 7.71. The molecule has 0 aromatic carbocycles. The van der Waals surface area contributed by atoms with E-state index in [0.29, 0.717) is 32.0 Å². The van der Waals surface area contributed by atoms with Crippen LogP contribution in [-0.2, 0) is 29.0 Å². The second kappa shape index (κ2) is 6.29. The van der Waals surface area contributed by atoms with Crippen molar-refractivity contribution in [3.05, 3.63) is 33.5 Å². The van der Waals surface area contributed by atoms with Crippen LogP contribution in [0, 0.1) is 0 Å². The van der Waals surface area contributed by atoms with Gasteiger partial charge in [0.2, 0.25) is 5.91 Å². The lowest BCUT2D eigenvalue weighted by atomic mass is 10.0. The monoisotopic (exact) mass is 346 g/mol. The van der Waals surface area contributed by atoms with Gasteiger partial charge in [0.1, 0.15) is 5.82 Å². The Kier molecular flexibility index (Phi) is 4.14. The van der Waals surface area contributed by atoms with Gasteiger partial charge in [-0.25, -0.2) is 0 Å². The molecule has 7 heteroatoms. The fraction of sp³-hybridized carbons (Fsp3) is 0.588. The number of nitrogens with zero attached hydrogens (tertiary/aromatic N) is 4. The molecule has 2 aliphatic heterocycles. The molecule has 2 aliphatic rings. The Morgan fingerprint density at radius 1 is 1.42 bits per heavy atom. The van der Waals surface area contributed by atoms with E-state index in [0.717, 1.165) is 24.6 Å². The molecule has 0 saturated carbocycles. The van der Waals surface area contributed by atoms with E-state index in [-0.39, 0.29) is 12.0 Å². The minimum atomic E-state index is -0.0986. The summed E-state index contributed by atoms with van der Waals surface area (Å²) in [6.45, 7) is 6.98. The van der Waals surface area contributed by atoms with Crippen molar-refractivity contribution in [1.29, 1.82) is 0 Å². The number of ether oxygens (including phenoxy) is 1. The molecule has 4 heterocycles. The van der Waals surface area contributed by atoms with Crippen molar-refractivity contribution in [2.24, 2.45) is 0 Å². The number of aromatic nitrogens is 3. The molecule has 2 aromatic heterocycles. The molecule has 1 amide bonds.